The van der Waals surface area contributed by atoms with E-state index in [1.165, 1.54) is 0 Å². The fourth-order valence-corrected chi connectivity index (χ4v) is 2.75. The highest BCUT2D eigenvalue weighted by Gasteiger charge is 2.12. The molecule has 2 aromatic rings. The SMILES string of the molecule is CCCc1cccc(-c2cc(SC)ccc2Cl)c1F. The smallest absolute Gasteiger partial charge is 0.134 e. The van der Waals surface area contributed by atoms with Crippen LogP contribution in [-0.4, -0.2) is 6.26 Å². The number of halogens is 2. The highest BCUT2D eigenvalue weighted by Crippen LogP contribution is 2.34. The molecule has 0 atom stereocenters. The summed E-state index contributed by atoms with van der Waals surface area (Å²) in [4.78, 5) is 1.08. The Balaban J connectivity index is 2.55. The zero-order valence-electron chi connectivity index (χ0n) is 11.0. The molecule has 0 amide bonds. The second kappa shape index (κ2) is 6.44. The van der Waals surface area contributed by atoms with Crippen molar-refractivity contribution >= 4 is 23.4 Å². The quantitative estimate of drug-likeness (QED) is 0.640. The Hall–Kier alpha value is -0.990. The predicted octanol–water partition coefficient (Wildman–Crippen LogP) is 5.82. The summed E-state index contributed by atoms with van der Waals surface area (Å²) in [5.41, 5.74) is 2.11. The van der Waals surface area contributed by atoms with Gasteiger partial charge in [-0.2, -0.15) is 0 Å². The van der Waals surface area contributed by atoms with Gasteiger partial charge in [0.2, 0.25) is 0 Å². The van der Waals surface area contributed by atoms with Gasteiger partial charge in [-0.05, 0) is 36.4 Å². The van der Waals surface area contributed by atoms with Gasteiger partial charge < -0.3 is 0 Å². The molecule has 0 bridgehead atoms. The number of rotatable bonds is 4. The van der Waals surface area contributed by atoms with Gasteiger partial charge in [0.1, 0.15) is 5.82 Å². The molecule has 19 heavy (non-hydrogen) atoms. The summed E-state index contributed by atoms with van der Waals surface area (Å²) in [5, 5.41) is 0.588. The van der Waals surface area contributed by atoms with Crippen LogP contribution in [0.2, 0.25) is 5.02 Å². The Kier molecular flexibility index (Phi) is 4.89. The fraction of sp³-hybridized carbons (Fsp3) is 0.250. The maximum atomic E-state index is 14.5. The molecule has 0 fully saturated rings. The van der Waals surface area contributed by atoms with E-state index in [9.17, 15) is 4.39 Å². The Morgan fingerprint density at radius 2 is 1.95 bits per heavy atom. The maximum absolute atomic E-state index is 14.5. The standard InChI is InChI=1S/C16H16ClFS/c1-3-5-11-6-4-7-13(16(11)18)14-10-12(19-2)8-9-15(14)17/h4,6-10H,3,5H2,1-2H3. The maximum Gasteiger partial charge on any atom is 0.134 e. The molecule has 2 aromatic carbocycles. The summed E-state index contributed by atoms with van der Waals surface area (Å²) >= 11 is 7.84. The van der Waals surface area contributed by atoms with Crippen LogP contribution in [0.4, 0.5) is 4.39 Å². The summed E-state index contributed by atoms with van der Waals surface area (Å²) in [7, 11) is 0. The second-order valence-electron chi connectivity index (χ2n) is 4.37. The number of hydrogen-bond donors (Lipinski definition) is 0. The summed E-state index contributed by atoms with van der Waals surface area (Å²) < 4.78 is 14.5. The first-order valence-electron chi connectivity index (χ1n) is 6.28. The average Bonchev–Trinajstić information content (AvgIpc) is 2.42. The summed E-state index contributed by atoms with van der Waals surface area (Å²) in [6.07, 6.45) is 3.68. The van der Waals surface area contributed by atoms with Gasteiger partial charge in [0.25, 0.3) is 0 Å². The highest BCUT2D eigenvalue weighted by atomic mass is 35.5. The molecule has 3 heteroatoms. The third-order valence-electron chi connectivity index (χ3n) is 3.06. The zero-order chi connectivity index (χ0) is 13.8. The Morgan fingerprint density at radius 1 is 1.16 bits per heavy atom. The number of aryl methyl sites for hydroxylation is 1. The minimum atomic E-state index is -0.149. The molecule has 0 spiro atoms. The monoisotopic (exact) mass is 294 g/mol. The lowest BCUT2D eigenvalue weighted by atomic mass is 10.00. The predicted molar refractivity (Wildman–Crippen MR) is 82.6 cm³/mol. The Bertz CT molecular complexity index is 581. The molecule has 0 saturated heterocycles. The lowest BCUT2D eigenvalue weighted by Gasteiger charge is -2.10. The van der Waals surface area contributed by atoms with Gasteiger partial charge in [0.05, 0.1) is 0 Å². The van der Waals surface area contributed by atoms with Crippen LogP contribution >= 0.6 is 23.4 Å². The lowest BCUT2D eigenvalue weighted by molar-refractivity contribution is 0.611. The van der Waals surface area contributed by atoms with E-state index in [1.54, 1.807) is 17.8 Å². The van der Waals surface area contributed by atoms with Crippen molar-refractivity contribution in [3.05, 3.63) is 52.8 Å². The van der Waals surface area contributed by atoms with Gasteiger partial charge in [0, 0.05) is 21.0 Å². The van der Waals surface area contributed by atoms with Crippen LogP contribution in [0, 0.1) is 5.82 Å². The van der Waals surface area contributed by atoms with Crippen LogP contribution in [0.5, 0.6) is 0 Å². The first kappa shape index (κ1) is 14.4. The molecule has 0 N–H and O–H groups in total. The van der Waals surface area contributed by atoms with Gasteiger partial charge in [-0.3, -0.25) is 0 Å². The molecule has 0 unspecified atom stereocenters. The van der Waals surface area contributed by atoms with Gasteiger partial charge in [-0.25, -0.2) is 4.39 Å². The van der Waals surface area contributed by atoms with E-state index in [0.717, 1.165) is 28.9 Å². The summed E-state index contributed by atoms with van der Waals surface area (Å²) in [5.74, 6) is -0.149. The fourth-order valence-electron chi connectivity index (χ4n) is 2.09. The van der Waals surface area contributed by atoms with Crippen molar-refractivity contribution in [2.75, 3.05) is 6.26 Å². The molecule has 0 saturated carbocycles. The van der Waals surface area contributed by atoms with E-state index in [2.05, 4.69) is 0 Å². The van der Waals surface area contributed by atoms with Crippen LogP contribution in [0.3, 0.4) is 0 Å². The van der Waals surface area contributed by atoms with E-state index in [0.29, 0.717) is 10.6 Å². The van der Waals surface area contributed by atoms with Crippen molar-refractivity contribution in [2.45, 2.75) is 24.7 Å². The van der Waals surface area contributed by atoms with Crippen LogP contribution < -0.4 is 0 Å². The van der Waals surface area contributed by atoms with E-state index < -0.39 is 0 Å². The molecular weight excluding hydrogens is 279 g/mol. The lowest BCUT2D eigenvalue weighted by Crippen LogP contribution is -1.94. The normalized spacial score (nSPS) is 10.7. The number of benzene rings is 2. The van der Waals surface area contributed by atoms with Crippen LogP contribution in [0.1, 0.15) is 18.9 Å². The second-order valence-corrected chi connectivity index (χ2v) is 5.66. The molecular formula is C16H16ClFS. The van der Waals surface area contributed by atoms with E-state index >= 15 is 0 Å². The molecule has 0 aliphatic heterocycles. The van der Waals surface area contributed by atoms with Gasteiger partial charge >= 0.3 is 0 Å². The van der Waals surface area contributed by atoms with Crippen molar-refractivity contribution in [2.24, 2.45) is 0 Å². The molecule has 0 aliphatic carbocycles. The molecule has 2 rings (SSSR count). The van der Waals surface area contributed by atoms with Crippen LogP contribution in [-0.2, 0) is 6.42 Å². The minimum Gasteiger partial charge on any atom is -0.206 e. The van der Waals surface area contributed by atoms with E-state index in [4.69, 9.17) is 11.6 Å². The first-order valence-corrected chi connectivity index (χ1v) is 7.89. The zero-order valence-corrected chi connectivity index (χ0v) is 12.6. The van der Waals surface area contributed by atoms with Gasteiger partial charge in [0.15, 0.2) is 0 Å². The minimum absolute atomic E-state index is 0.149. The molecule has 0 heterocycles. The van der Waals surface area contributed by atoms with Crippen LogP contribution in [0.15, 0.2) is 41.3 Å². The molecule has 0 aliphatic rings. The molecule has 0 nitrogen and oxygen atoms in total. The molecule has 0 aromatic heterocycles. The highest BCUT2D eigenvalue weighted by molar-refractivity contribution is 7.98. The summed E-state index contributed by atoms with van der Waals surface area (Å²) in [6.45, 7) is 2.05. The largest absolute Gasteiger partial charge is 0.206 e. The van der Waals surface area contributed by atoms with Crippen LogP contribution in [0.25, 0.3) is 11.1 Å². The topological polar surface area (TPSA) is 0 Å². The first-order chi connectivity index (χ1) is 9.17. The Morgan fingerprint density at radius 3 is 2.63 bits per heavy atom. The van der Waals surface area contributed by atoms with Crippen molar-refractivity contribution < 1.29 is 4.39 Å². The molecule has 100 valence electrons. The van der Waals surface area contributed by atoms with Crippen molar-refractivity contribution in [1.29, 1.82) is 0 Å². The Labute approximate surface area is 123 Å². The van der Waals surface area contributed by atoms with Gasteiger partial charge in [-0.1, -0.05) is 43.1 Å². The van der Waals surface area contributed by atoms with Crippen molar-refractivity contribution in [1.82, 2.24) is 0 Å². The van der Waals surface area contributed by atoms with Gasteiger partial charge in [-0.15, -0.1) is 11.8 Å². The van der Waals surface area contributed by atoms with E-state index in [-0.39, 0.29) is 5.82 Å². The average molecular weight is 295 g/mol. The number of hydrogen-bond acceptors (Lipinski definition) is 1. The third-order valence-corrected chi connectivity index (χ3v) is 4.12. The number of thioether (sulfide) groups is 1. The molecule has 0 radical (unpaired) electrons. The van der Waals surface area contributed by atoms with Crippen molar-refractivity contribution in [3.8, 4) is 11.1 Å². The summed E-state index contributed by atoms with van der Waals surface area (Å²) in [6, 6.07) is 11.3. The van der Waals surface area contributed by atoms with E-state index in [1.807, 2.05) is 43.5 Å². The third kappa shape index (κ3) is 3.13. The van der Waals surface area contributed by atoms with Crippen molar-refractivity contribution in [3.63, 3.8) is 0 Å².